The molecule has 3 nitrogen and oxygen atoms in total. The predicted molar refractivity (Wildman–Crippen MR) is 126 cm³/mol. The molecule has 0 radical (unpaired) electrons. The van der Waals surface area contributed by atoms with E-state index in [-0.39, 0.29) is 18.3 Å². The maximum Gasteiger partial charge on any atom is 0.495 e. The molecular weight excluding hydrogens is 369 g/mol. The minimum atomic E-state index is -0.372. The summed E-state index contributed by atoms with van der Waals surface area (Å²) < 4.78 is 15.1. The van der Waals surface area contributed by atoms with Gasteiger partial charge in [0.05, 0.1) is 22.2 Å². The fourth-order valence-electron chi connectivity index (χ4n) is 4.38. The average molecular weight is 397 g/mol. The Morgan fingerprint density at radius 2 is 1.37 bits per heavy atom. The third kappa shape index (κ3) is 2.82. The molecule has 5 rings (SSSR count). The van der Waals surface area contributed by atoms with Crippen LogP contribution in [0.2, 0.25) is 0 Å². The van der Waals surface area contributed by atoms with Gasteiger partial charge in [0, 0.05) is 16.5 Å². The van der Waals surface area contributed by atoms with E-state index in [0.29, 0.717) is 0 Å². The number of aryl methyl sites for hydroxylation is 2. The van der Waals surface area contributed by atoms with E-state index in [1.165, 1.54) is 32.9 Å². The number of nitrogens with zero attached hydrogens (tertiary/aromatic N) is 1. The molecule has 1 fully saturated rings. The highest BCUT2D eigenvalue weighted by Crippen LogP contribution is 2.38. The van der Waals surface area contributed by atoms with Crippen LogP contribution in [0.3, 0.4) is 0 Å². The van der Waals surface area contributed by atoms with Gasteiger partial charge in [-0.25, -0.2) is 0 Å². The Balaban J connectivity index is 1.79. The van der Waals surface area contributed by atoms with E-state index in [0.717, 1.165) is 11.2 Å². The van der Waals surface area contributed by atoms with Gasteiger partial charge in [0.2, 0.25) is 0 Å². The molecule has 0 spiro atoms. The molecule has 30 heavy (non-hydrogen) atoms. The van der Waals surface area contributed by atoms with Crippen LogP contribution in [0, 0.1) is 13.8 Å². The molecular formula is C26H28BNO2. The first-order chi connectivity index (χ1) is 14.2. The third-order valence-corrected chi connectivity index (χ3v) is 6.83. The van der Waals surface area contributed by atoms with Crippen molar-refractivity contribution >= 4 is 34.4 Å². The standard InChI is InChI=1S/C26H28BNO2/c1-17-12-13-23-20(14-17)21-15-18(2)22(27-29-25(3,4)26(5,6)30-27)16-24(21)28(23)19-10-8-7-9-11-19/h7-16H,1-6H3. The Kier molecular flexibility index (Phi) is 4.19. The second kappa shape index (κ2) is 6.47. The lowest BCUT2D eigenvalue weighted by Crippen LogP contribution is -2.41. The SMILES string of the molecule is Cc1ccc2c(c1)c1cc(C)c(B3OC(C)(C)C(C)(C)O3)cc1n2-c1ccccc1. The second-order valence-corrected chi connectivity index (χ2v) is 9.51. The molecule has 0 N–H and O–H groups in total. The van der Waals surface area contributed by atoms with E-state index in [4.69, 9.17) is 9.31 Å². The zero-order valence-electron chi connectivity index (χ0n) is 18.6. The Morgan fingerprint density at radius 3 is 2.03 bits per heavy atom. The smallest absolute Gasteiger partial charge is 0.399 e. The first kappa shape index (κ1) is 19.4. The van der Waals surface area contributed by atoms with Crippen molar-refractivity contribution in [2.75, 3.05) is 0 Å². The maximum atomic E-state index is 6.39. The first-order valence-electron chi connectivity index (χ1n) is 10.6. The molecule has 2 heterocycles. The van der Waals surface area contributed by atoms with Crippen molar-refractivity contribution in [2.45, 2.75) is 52.7 Å². The lowest BCUT2D eigenvalue weighted by Gasteiger charge is -2.32. The quantitative estimate of drug-likeness (QED) is 0.405. The van der Waals surface area contributed by atoms with Crippen LogP contribution in [-0.4, -0.2) is 22.9 Å². The molecule has 1 saturated heterocycles. The summed E-state index contributed by atoms with van der Waals surface area (Å²) >= 11 is 0. The van der Waals surface area contributed by atoms with Crippen molar-refractivity contribution in [2.24, 2.45) is 0 Å². The summed E-state index contributed by atoms with van der Waals surface area (Å²) in [5.41, 5.74) is 6.38. The number of aromatic nitrogens is 1. The summed E-state index contributed by atoms with van der Waals surface area (Å²) in [5, 5.41) is 2.53. The minimum Gasteiger partial charge on any atom is -0.399 e. The lowest BCUT2D eigenvalue weighted by atomic mass is 9.75. The molecule has 1 aromatic heterocycles. The Labute approximate surface area is 178 Å². The molecule has 0 aliphatic carbocycles. The lowest BCUT2D eigenvalue weighted by molar-refractivity contribution is 0.00578. The van der Waals surface area contributed by atoms with Crippen molar-refractivity contribution in [1.29, 1.82) is 0 Å². The monoisotopic (exact) mass is 397 g/mol. The summed E-state index contributed by atoms with van der Waals surface area (Å²) in [5.74, 6) is 0. The molecule has 152 valence electrons. The van der Waals surface area contributed by atoms with Gasteiger partial charge in [-0.3, -0.25) is 0 Å². The maximum absolute atomic E-state index is 6.39. The molecule has 0 saturated carbocycles. The molecule has 1 aliphatic heterocycles. The summed E-state index contributed by atoms with van der Waals surface area (Å²) in [6, 6.07) is 21.8. The van der Waals surface area contributed by atoms with Crippen LogP contribution in [0.25, 0.3) is 27.5 Å². The van der Waals surface area contributed by atoms with E-state index in [9.17, 15) is 0 Å². The van der Waals surface area contributed by atoms with Gasteiger partial charge in [0.15, 0.2) is 0 Å². The number of para-hydroxylation sites is 1. The van der Waals surface area contributed by atoms with Crippen molar-refractivity contribution < 1.29 is 9.31 Å². The minimum absolute atomic E-state index is 0.359. The van der Waals surface area contributed by atoms with Crippen LogP contribution < -0.4 is 5.46 Å². The zero-order valence-corrected chi connectivity index (χ0v) is 18.6. The Bertz CT molecular complexity index is 1250. The highest BCUT2D eigenvalue weighted by atomic mass is 16.7. The van der Waals surface area contributed by atoms with Gasteiger partial charge >= 0.3 is 7.12 Å². The number of fused-ring (bicyclic) bond motifs is 3. The fourth-order valence-corrected chi connectivity index (χ4v) is 4.38. The van der Waals surface area contributed by atoms with Gasteiger partial charge in [-0.1, -0.05) is 35.4 Å². The van der Waals surface area contributed by atoms with E-state index in [1.54, 1.807) is 0 Å². The van der Waals surface area contributed by atoms with Crippen LogP contribution in [0.4, 0.5) is 0 Å². The van der Waals surface area contributed by atoms with E-state index < -0.39 is 0 Å². The van der Waals surface area contributed by atoms with Gasteiger partial charge in [0.25, 0.3) is 0 Å². The number of rotatable bonds is 2. The molecule has 0 bridgehead atoms. The molecule has 4 heteroatoms. The number of hydrogen-bond acceptors (Lipinski definition) is 2. The third-order valence-electron chi connectivity index (χ3n) is 6.83. The normalized spacial score (nSPS) is 17.9. The van der Waals surface area contributed by atoms with Crippen molar-refractivity contribution in [1.82, 2.24) is 4.57 Å². The Hall–Kier alpha value is -2.56. The van der Waals surface area contributed by atoms with Crippen LogP contribution in [-0.2, 0) is 9.31 Å². The highest BCUT2D eigenvalue weighted by molar-refractivity contribution is 6.63. The van der Waals surface area contributed by atoms with Crippen LogP contribution in [0.5, 0.6) is 0 Å². The van der Waals surface area contributed by atoms with Gasteiger partial charge in [-0.05, 0) is 83.4 Å². The number of hydrogen-bond donors (Lipinski definition) is 0. The van der Waals surface area contributed by atoms with Gasteiger partial charge in [-0.2, -0.15) is 0 Å². The van der Waals surface area contributed by atoms with Crippen molar-refractivity contribution in [3.8, 4) is 5.69 Å². The highest BCUT2D eigenvalue weighted by Gasteiger charge is 2.52. The van der Waals surface area contributed by atoms with E-state index in [1.807, 2.05) is 0 Å². The summed E-state index contributed by atoms with van der Waals surface area (Å²) in [4.78, 5) is 0. The van der Waals surface area contributed by atoms with Gasteiger partial charge in [-0.15, -0.1) is 0 Å². The van der Waals surface area contributed by atoms with Crippen molar-refractivity contribution in [3.05, 3.63) is 71.8 Å². The van der Waals surface area contributed by atoms with Gasteiger partial charge in [0.1, 0.15) is 0 Å². The summed E-state index contributed by atoms with van der Waals surface area (Å²) in [6.45, 7) is 12.7. The molecule has 0 atom stereocenters. The Morgan fingerprint density at radius 1 is 0.733 bits per heavy atom. The number of benzene rings is 3. The fraction of sp³-hybridized carbons (Fsp3) is 0.308. The van der Waals surface area contributed by atoms with Crippen LogP contribution in [0.1, 0.15) is 38.8 Å². The first-order valence-corrected chi connectivity index (χ1v) is 10.6. The predicted octanol–water partition coefficient (Wildman–Crippen LogP) is 5.70. The molecule has 4 aromatic rings. The van der Waals surface area contributed by atoms with Crippen molar-refractivity contribution in [3.63, 3.8) is 0 Å². The molecule has 3 aromatic carbocycles. The van der Waals surface area contributed by atoms with Crippen LogP contribution in [0.15, 0.2) is 60.7 Å². The summed E-state index contributed by atoms with van der Waals surface area (Å²) in [6.07, 6.45) is 0. The van der Waals surface area contributed by atoms with Gasteiger partial charge < -0.3 is 13.9 Å². The molecule has 0 unspecified atom stereocenters. The zero-order chi connectivity index (χ0) is 21.3. The largest absolute Gasteiger partial charge is 0.495 e. The second-order valence-electron chi connectivity index (χ2n) is 9.51. The average Bonchev–Trinajstić information content (AvgIpc) is 3.11. The topological polar surface area (TPSA) is 23.4 Å². The van der Waals surface area contributed by atoms with E-state index in [2.05, 4.69) is 107 Å². The summed E-state index contributed by atoms with van der Waals surface area (Å²) in [7, 11) is -0.372. The van der Waals surface area contributed by atoms with E-state index >= 15 is 0 Å². The molecule has 0 amide bonds. The molecule has 1 aliphatic rings. The van der Waals surface area contributed by atoms with Crippen LogP contribution >= 0.6 is 0 Å².